The Morgan fingerprint density at radius 3 is 2.08 bits per heavy atom. The molecule has 0 fully saturated rings. The zero-order valence-electron chi connectivity index (χ0n) is 7.10. The van der Waals surface area contributed by atoms with E-state index in [9.17, 15) is 13.2 Å². The third-order valence-electron chi connectivity index (χ3n) is 2.00. The van der Waals surface area contributed by atoms with E-state index in [1.807, 2.05) is 0 Å². The summed E-state index contributed by atoms with van der Waals surface area (Å²) < 4.78 is 35.6. The van der Waals surface area contributed by atoms with E-state index in [1.165, 1.54) is 0 Å². The largest absolute Gasteiger partial charge is 0.415 e. The number of aliphatic hydroxyl groups excluding tert-OH is 1. The first-order valence-corrected chi connectivity index (χ1v) is 3.81. The number of nitrogens with two attached hydrogens (primary N) is 1. The highest BCUT2D eigenvalue weighted by atomic mass is 19.4. The lowest BCUT2D eigenvalue weighted by atomic mass is 9.95. The van der Waals surface area contributed by atoms with Crippen molar-refractivity contribution in [2.24, 2.45) is 11.7 Å². The van der Waals surface area contributed by atoms with Crippen LogP contribution in [-0.4, -0.2) is 23.4 Å². The van der Waals surface area contributed by atoms with Crippen LogP contribution in [0.25, 0.3) is 0 Å². The van der Waals surface area contributed by atoms with Crippen molar-refractivity contribution in [3.8, 4) is 0 Å². The molecule has 0 aromatic rings. The minimum atomic E-state index is -4.61. The molecule has 0 saturated heterocycles. The van der Waals surface area contributed by atoms with Gasteiger partial charge in [-0.05, 0) is 5.92 Å². The maximum Gasteiger partial charge on any atom is 0.415 e. The number of hydrogen-bond donors (Lipinski definition) is 2. The summed E-state index contributed by atoms with van der Waals surface area (Å²) in [5.74, 6) is -0.332. The Bertz CT molecular complexity index is 137. The number of rotatable bonds is 3. The molecular weight excluding hydrogens is 171 g/mol. The first-order valence-electron chi connectivity index (χ1n) is 3.81. The fraction of sp³-hybridized carbons (Fsp3) is 1.00. The summed E-state index contributed by atoms with van der Waals surface area (Å²) in [4.78, 5) is 0. The van der Waals surface area contributed by atoms with Crippen molar-refractivity contribution >= 4 is 0 Å². The van der Waals surface area contributed by atoms with E-state index in [-0.39, 0.29) is 5.92 Å². The van der Waals surface area contributed by atoms with Crippen molar-refractivity contribution in [3.63, 3.8) is 0 Å². The fourth-order valence-corrected chi connectivity index (χ4v) is 0.802. The summed E-state index contributed by atoms with van der Waals surface area (Å²) in [5.41, 5.74) is 5.19. The Balaban J connectivity index is 4.19. The smallest absolute Gasteiger partial charge is 0.382 e. The second-order valence-electron chi connectivity index (χ2n) is 2.95. The van der Waals surface area contributed by atoms with E-state index in [2.05, 4.69) is 0 Å². The van der Waals surface area contributed by atoms with Gasteiger partial charge in [0.2, 0.25) is 0 Å². The molecular formula is C7H14F3NO. The predicted octanol–water partition coefficient (Wildman–Crippen LogP) is 1.28. The van der Waals surface area contributed by atoms with E-state index in [0.717, 1.165) is 0 Å². The van der Waals surface area contributed by atoms with E-state index in [0.29, 0.717) is 6.42 Å². The van der Waals surface area contributed by atoms with Crippen LogP contribution in [0.2, 0.25) is 0 Å². The molecule has 5 heteroatoms. The van der Waals surface area contributed by atoms with Crippen LogP contribution in [0.3, 0.4) is 0 Å². The van der Waals surface area contributed by atoms with Gasteiger partial charge >= 0.3 is 6.18 Å². The van der Waals surface area contributed by atoms with Gasteiger partial charge in [-0.3, -0.25) is 0 Å². The lowest BCUT2D eigenvalue weighted by Crippen LogP contribution is -2.48. The van der Waals surface area contributed by atoms with Gasteiger partial charge in [-0.2, -0.15) is 13.2 Å². The van der Waals surface area contributed by atoms with Crippen LogP contribution < -0.4 is 5.73 Å². The first kappa shape index (κ1) is 11.7. The van der Waals surface area contributed by atoms with Gasteiger partial charge in [-0.25, -0.2) is 0 Å². The molecule has 0 aromatic heterocycles. The average molecular weight is 185 g/mol. The van der Waals surface area contributed by atoms with Gasteiger partial charge in [0.05, 0.1) is 0 Å². The second-order valence-corrected chi connectivity index (χ2v) is 2.95. The molecule has 0 aliphatic rings. The highest BCUT2D eigenvalue weighted by Gasteiger charge is 2.43. The molecule has 0 aliphatic heterocycles. The van der Waals surface area contributed by atoms with Crippen LogP contribution >= 0.6 is 0 Å². The van der Waals surface area contributed by atoms with Crippen molar-refractivity contribution in [2.45, 2.75) is 38.6 Å². The van der Waals surface area contributed by atoms with Crippen LogP contribution in [0.5, 0.6) is 0 Å². The van der Waals surface area contributed by atoms with Crippen LogP contribution in [0, 0.1) is 5.92 Å². The molecule has 0 bridgehead atoms. The summed E-state index contributed by atoms with van der Waals surface area (Å²) >= 11 is 0. The SMILES string of the molecule is CC[C@H](C)[C@H](N)[C@H](O)C(F)(F)F. The van der Waals surface area contributed by atoms with Crippen molar-refractivity contribution in [1.82, 2.24) is 0 Å². The average Bonchev–Trinajstić information content (AvgIpc) is 1.98. The number of alkyl halides is 3. The number of aliphatic hydroxyl groups is 1. The van der Waals surface area contributed by atoms with Gasteiger partial charge in [0.25, 0.3) is 0 Å². The minimum Gasteiger partial charge on any atom is -0.382 e. The highest BCUT2D eigenvalue weighted by Crippen LogP contribution is 2.25. The van der Waals surface area contributed by atoms with Gasteiger partial charge in [-0.15, -0.1) is 0 Å². The van der Waals surface area contributed by atoms with Gasteiger partial charge in [-0.1, -0.05) is 20.3 Å². The van der Waals surface area contributed by atoms with Gasteiger partial charge < -0.3 is 10.8 Å². The van der Waals surface area contributed by atoms with Crippen molar-refractivity contribution in [2.75, 3.05) is 0 Å². The molecule has 74 valence electrons. The molecule has 3 atom stereocenters. The number of hydrogen-bond acceptors (Lipinski definition) is 2. The molecule has 0 unspecified atom stereocenters. The zero-order chi connectivity index (χ0) is 9.94. The van der Waals surface area contributed by atoms with E-state index in [1.54, 1.807) is 13.8 Å². The molecule has 12 heavy (non-hydrogen) atoms. The molecule has 0 rings (SSSR count). The van der Waals surface area contributed by atoms with E-state index in [4.69, 9.17) is 10.8 Å². The third kappa shape index (κ3) is 2.98. The molecule has 0 aliphatic carbocycles. The minimum absolute atomic E-state index is 0.332. The summed E-state index contributed by atoms with van der Waals surface area (Å²) in [6.45, 7) is 3.31. The standard InChI is InChI=1S/C7H14F3NO/c1-3-4(2)5(11)6(12)7(8,9)10/h4-6,12H,3,11H2,1-2H3/t4-,5-,6-/m0/s1. The molecule has 0 aromatic carbocycles. The predicted molar refractivity (Wildman–Crippen MR) is 39.5 cm³/mol. The maximum absolute atomic E-state index is 11.9. The lowest BCUT2D eigenvalue weighted by molar-refractivity contribution is -0.212. The third-order valence-corrected chi connectivity index (χ3v) is 2.00. The summed E-state index contributed by atoms with van der Waals surface area (Å²) in [5, 5.41) is 8.71. The van der Waals surface area contributed by atoms with E-state index >= 15 is 0 Å². The Morgan fingerprint density at radius 2 is 1.83 bits per heavy atom. The van der Waals surface area contributed by atoms with E-state index < -0.39 is 18.3 Å². The molecule has 0 spiro atoms. The fourth-order valence-electron chi connectivity index (χ4n) is 0.802. The van der Waals surface area contributed by atoms with Crippen molar-refractivity contribution in [1.29, 1.82) is 0 Å². The molecule has 0 radical (unpaired) electrons. The first-order chi connectivity index (χ1) is 5.30. The normalized spacial score (nSPS) is 20.2. The molecule has 0 saturated carbocycles. The molecule has 0 amide bonds. The van der Waals surface area contributed by atoms with Crippen LogP contribution in [0.1, 0.15) is 20.3 Å². The van der Waals surface area contributed by atoms with Gasteiger partial charge in [0.15, 0.2) is 6.10 Å². The topological polar surface area (TPSA) is 46.2 Å². The van der Waals surface area contributed by atoms with Crippen LogP contribution in [-0.2, 0) is 0 Å². The van der Waals surface area contributed by atoms with Gasteiger partial charge in [0.1, 0.15) is 0 Å². The Morgan fingerprint density at radius 1 is 1.42 bits per heavy atom. The summed E-state index contributed by atoms with van der Waals surface area (Å²) in [7, 11) is 0. The summed E-state index contributed by atoms with van der Waals surface area (Å²) in [6.07, 6.45) is -6.50. The summed E-state index contributed by atoms with van der Waals surface area (Å²) in [6, 6.07) is -1.23. The monoisotopic (exact) mass is 185 g/mol. The molecule has 2 nitrogen and oxygen atoms in total. The van der Waals surface area contributed by atoms with Crippen LogP contribution in [0.15, 0.2) is 0 Å². The maximum atomic E-state index is 11.9. The van der Waals surface area contributed by atoms with Crippen LogP contribution in [0.4, 0.5) is 13.2 Å². The number of halogens is 3. The Hall–Kier alpha value is -0.290. The van der Waals surface area contributed by atoms with Crippen molar-refractivity contribution < 1.29 is 18.3 Å². The lowest BCUT2D eigenvalue weighted by Gasteiger charge is -2.25. The Kier molecular flexibility index (Phi) is 3.99. The second kappa shape index (κ2) is 4.09. The van der Waals surface area contributed by atoms with Gasteiger partial charge in [0, 0.05) is 6.04 Å². The molecule has 3 N–H and O–H groups in total. The van der Waals surface area contributed by atoms with Crippen molar-refractivity contribution in [3.05, 3.63) is 0 Å². The zero-order valence-corrected chi connectivity index (χ0v) is 7.10. The highest BCUT2D eigenvalue weighted by molar-refractivity contribution is 4.81. The Labute approximate surface area is 69.6 Å². The quantitative estimate of drug-likeness (QED) is 0.695. The molecule has 0 heterocycles.